The van der Waals surface area contributed by atoms with E-state index in [-0.39, 0.29) is 12.3 Å². The van der Waals surface area contributed by atoms with Crippen LogP contribution in [0.3, 0.4) is 0 Å². The van der Waals surface area contributed by atoms with Crippen molar-refractivity contribution in [2.24, 2.45) is 0 Å². The lowest BCUT2D eigenvalue weighted by atomic mass is 10.1. The third-order valence-corrected chi connectivity index (χ3v) is 8.65. The number of nitrogens with zero attached hydrogens (tertiary/aromatic N) is 6. The van der Waals surface area contributed by atoms with Gasteiger partial charge in [0.25, 0.3) is 0 Å². The van der Waals surface area contributed by atoms with Crippen LogP contribution in [0.25, 0.3) is 27.6 Å². The van der Waals surface area contributed by atoms with E-state index in [1.807, 2.05) is 102 Å². The maximum atomic E-state index is 13.0. The summed E-state index contributed by atoms with van der Waals surface area (Å²) in [7, 11) is 3.99. The van der Waals surface area contributed by atoms with Gasteiger partial charge in [0.1, 0.15) is 5.69 Å². The van der Waals surface area contributed by atoms with Gasteiger partial charge >= 0.3 is 0 Å². The molecule has 3 aromatic heterocycles. The van der Waals surface area contributed by atoms with Gasteiger partial charge in [-0.2, -0.15) is 0 Å². The molecule has 46 heavy (non-hydrogen) atoms. The van der Waals surface area contributed by atoms with Gasteiger partial charge in [-0.05, 0) is 60.2 Å². The smallest absolute Gasteiger partial charge is 0.228 e. The number of amides is 1. The molecule has 1 aliphatic rings. The molecule has 4 heterocycles. The Balaban J connectivity index is 1.11. The number of fused-ring (bicyclic) bond motifs is 1. The van der Waals surface area contributed by atoms with E-state index in [2.05, 4.69) is 32.7 Å². The molecule has 1 saturated heterocycles. The highest BCUT2D eigenvalue weighted by Crippen LogP contribution is 2.35. The van der Waals surface area contributed by atoms with Crippen LogP contribution in [0.1, 0.15) is 5.56 Å². The molecule has 6 aromatic rings. The monoisotopic (exact) mass is 630 g/mol. The fraction of sp³-hybridized carbons (Fsp3) is 0.200. The molecule has 3 aromatic carbocycles. The number of aromatic nitrogens is 4. The summed E-state index contributed by atoms with van der Waals surface area (Å²) in [6.45, 7) is 3.28. The Bertz CT molecular complexity index is 1960. The van der Waals surface area contributed by atoms with E-state index >= 15 is 0 Å². The fourth-order valence-corrected chi connectivity index (χ4v) is 6.25. The summed E-state index contributed by atoms with van der Waals surface area (Å²) in [5, 5.41) is 8.42. The third kappa shape index (κ3) is 6.42. The summed E-state index contributed by atoms with van der Waals surface area (Å²) in [6, 6.07) is 26.0. The van der Waals surface area contributed by atoms with E-state index in [9.17, 15) is 4.79 Å². The number of anilines is 5. The molecule has 10 nitrogen and oxygen atoms in total. The normalized spacial score (nSPS) is 13.1. The molecule has 0 aliphatic carbocycles. The first-order chi connectivity index (χ1) is 22.5. The zero-order valence-electron chi connectivity index (χ0n) is 25.7. The Morgan fingerprint density at radius 3 is 2.54 bits per heavy atom. The van der Waals surface area contributed by atoms with Crippen LogP contribution >= 0.6 is 11.3 Å². The van der Waals surface area contributed by atoms with Crippen molar-refractivity contribution in [3.05, 3.63) is 102 Å². The SMILES string of the molecule is CN(C)c1ccc(CC(=O)Nc2cccc(-c3nc4sccn4c3-c3ccnc(Nc4ccc(N5CCOCC5)cc4)n3)c2)cc1. The van der Waals surface area contributed by atoms with Gasteiger partial charge in [-0.15, -0.1) is 11.3 Å². The molecule has 0 unspecified atom stereocenters. The van der Waals surface area contributed by atoms with Gasteiger partial charge in [-0.25, -0.2) is 15.0 Å². The second-order valence-corrected chi connectivity index (χ2v) is 12.1. The molecule has 7 rings (SSSR count). The highest BCUT2D eigenvalue weighted by molar-refractivity contribution is 7.15. The minimum atomic E-state index is -0.0784. The van der Waals surface area contributed by atoms with Crippen LogP contribution in [-0.2, 0) is 16.0 Å². The first kappa shape index (κ1) is 29.5. The molecule has 11 heteroatoms. The number of benzene rings is 3. The average Bonchev–Trinajstić information content (AvgIpc) is 3.68. The van der Waals surface area contributed by atoms with Crippen LogP contribution in [-0.4, -0.2) is 65.7 Å². The van der Waals surface area contributed by atoms with E-state index in [4.69, 9.17) is 14.7 Å². The van der Waals surface area contributed by atoms with Gasteiger partial charge in [0.05, 0.1) is 31.0 Å². The van der Waals surface area contributed by atoms with Crippen LogP contribution in [0.5, 0.6) is 0 Å². The number of thiazole rings is 1. The fourth-order valence-electron chi connectivity index (χ4n) is 5.54. The minimum Gasteiger partial charge on any atom is -0.378 e. The van der Waals surface area contributed by atoms with Crippen LogP contribution in [0.15, 0.2) is 96.6 Å². The van der Waals surface area contributed by atoms with Crippen molar-refractivity contribution in [2.45, 2.75) is 6.42 Å². The number of rotatable bonds is 9. The number of hydrogen-bond acceptors (Lipinski definition) is 9. The zero-order valence-corrected chi connectivity index (χ0v) is 26.5. The maximum Gasteiger partial charge on any atom is 0.228 e. The summed E-state index contributed by atoms with van der Waals surface area (Å²) in [5.41, 5.74) is 8.08. The van der Waals surface area contributed by atoms with Crippen LogP contribution in [0, 0.1) is 0 Å². The number of hydrogen-bond donors (Lipinski definition) is 2. The molecular weight excluding hydrogens is 597 g/mol. The Hall–Kier alpha value is -5.26. The van der Waals surface area contributed by atoms with Crippen molar-refractivity contribution in [3.8, 4) is 22.6 Å². The Labute approximate surface area is 271 Å². The van der Waals surface area contributed by atoms with E-state index in [1.165, 1.54) is 5.69 Å². The first-order valence-electron chi connectivity index (χ1n) is 15.2. The van der Waals surface area contributed by atoms with Gasteiger partial charge in [-0.3, -0.25) is 9.20 Å². The van der Waals surface area contributed by atoms with Gasteiger partial charge < -0.3 is 25.2 Å². The molecule has 0 bridgehead atoms. The first-order valence-corrected chi connectivity index (χ1v) is 16.0. The summed E-state index contributed by atoms with van der Waals surface area (Å²) < 4.78 is 7.53. The largest absolute Gasteiger partial charge is 0.378 e. The average molecular weight is 631 g/mol. The van der Waals surface area contributed by atoms with Crippen molar-refractivity contribution in [1.29, 1.82) is 0 Å². The quantitative estimate of drug-likeness (QED) is 0.191. The van der Waals surface area contributed by atoms with Crippen molar-refractivity contribution in [2.75, 3.05) is 60.8 Å². The molecule has 1 aliphatic heterocycles. The lowest BCUT2D eigenvalue weighted by Gasteiger charge is -2.28. The number of imidazole rings is 1. The maximum absolute atomic E-state index is 13.0. The Morgan fingerprint density at radius 2 is 1.76 bits per heavy atom. The van der Waals surface area contributed by atoms with Gasteiger partial charge in [0.2, 0.25) is 11.9 Å². The second-order valence-electron chi connectivity index (χ2n) is 11.3. The highest BCUT2D eigenvalue weighted by Gasteiger charge is 2.19. The number of carbonyl (C=O) groups excluding carboxylic acids is 1. The van der Waals surface area contributed by atoms with Gasteiger partial charge in [0, 0.05) is 73.3 Å². The lowest BCUT2D eigenvalue weighted by Crippen LogP contribution is -2.36. The molecular formula is C35H34N8O2S. The lowest BCUT2D eigenvalue weighted by molar-refractivity contribution is -0.115. The third-order valence-electron chi connectivity index (χ3n) is 7.90. The molecule has 0 saturated carbocycles. The van der Waals surface area contributed by atoms with Crippen LogP contribution in [0.2, 0.25) is 0 Å². The van der Waals surface area contributed by atoms with Crippen LogP contribution in [0.4, 0.5) is 28.7 Å². The van der Waals surface area contributed by atoms with Crippen molar-refractivity contribution in [1.82, 2.24) is 19.4 Å². The summed E-state index contributed by atoms with van der Waals surface area (Å²) >= 11 is 1.56. The van der Waals surface area contributed by atoms with Crippen LogP contribution < -0.4 is 20.4 Å². The number of morpholine rings is 1. The van der Waals surface area contributed by atoms with E-state index in [0.29, 0.717) is 11.6 Å². The topological polar surface area (TPSA) is 99.9 Å². The Morgan fingerprint density at radius 1 is 0.957 bits per heavy atom. The number of nitrogens with one attached hydrogen (secondary N) is 2. The highest BCUT2D eigenvalue weighted by atomic mass is 32.1. The molecule has 1 amide bonds. The van der Waals surface area contributed by atoms with Gasteiger partial charge in [0.15, 0.2) is 4.96 Å². The molecule has 2 N–H and O–H groups in total. The minimum absolute atomic E-state index is 0.0784. The summed E-state index contributed by atoms with van der Waals surface area (Å²) in [5.74, 6) is 0.415. The van der Waals surface area contributed by atoms with Crippen molar-refractivity contribution in [3.63, 3.8) is 0 Å². The summed E-state index contributed by atoms with van der Waals surface area (Å²) in [4.78, 5) is 32.5. The van der Waals surface area contributed by atoms with E-state index in [1.54, 1.807) is 17.5 Å². The summed E-state index contributed by atoms with van der Waals surface area (Å²) in [6.07, 6.45) is 4.04. The molecule has 1 fully saturated rings. The Kier molecular flexibility index (Phi) is 8.32. The van der Waals surface area contributed by atoms with E-state index < -0.39 is 0 Å². The predicted octanol–water partition coefficient (Wildman–Crippen LogP) is 6.35. The zero-order chi connectivity index (χ0) is 31.5. The van der Waals surface area contributed by atoms with Crippen molar-refractivity contribution < 1.29 is 9.53 Å². The molecule has 0 spiro atoms. The standard InChI is InChI=1S/C35H34N8O2S/c1-41(2)28-10-6-24(7-11-28)22-31(44)37-27-5-3-4-25(23-27)32-33(43-18-21-46-35(43)40-32)30-14-15-36-34(39-30)38-26-8-12-29(13-9-26)42-16-19-45-20-17-42/h3-15,18,21,23H,16-17,19-20,22H2,1-2H3,(H,37,44)(H,36,38,39). The number of ether oxygens (including phenoxy) is 1. The molecule has 232 valence electrons. The second kappa shape index (κ2) is 13.0. The molecule has 0 radical (unpaired) electrons. The predicted molar refractivity (Wildman–Crippen MR) is 185 cm³/mol. The number of carbonyl (C=O) groups is 1. The van der Waals surface area contributed by atoms with Gasteiger partial charge in [-0.1, -0.05) is 24.3 Å². The van der Waals surface area contributed by atoms with E-state index in [0.717, 1.165) is 70.8 Å². The molecule has 0 atom stereocenters. The van der Waals surface area contributed by atoms with Crippen molar-refractivity contribution >= 4 is 50.9 Å².